The molecule has 1 aromatic rings. The van der Waals surface area contributed by atoms with Crippen molar-refractivity contribution in [3.05, 3.63) is 35.4 Å². The first-order valence-electron chi connectivity index (χ1n) is 8.05. The highest BCUT2D eigenvalue weighted by atomic mass is 127. The Morgan fingerprint density at radius 3 is 2.48 bits per heavy atom. The van der Waals surface area contributed by atoms with E-state index in [1.54, 1.807) is 0 Å². The normalized spacial score (nSPS) is 12.0. The van der Waals surface area contributed by atoms with E-state index in [-0.39, 0.29) is 29.4 Å². The van der Waals surface area contributed by atoms with Crippen LogP contribution in [0.5, 0.6) is 0 Å². The predicted molar refractivity (Wildman–Crippen MR) is 112 cm³/mol. The second kappa shape index (κ2) is 10.9. The van der Waals surface area contributed by atoms with E-state index in [2.05, 4.69) is 86.6 Å². The third-order valence-corrected chi connectivity index (χ3v) is 3.33. The van der Waals surface area contributed by atoms with Gasteiger partial charge in [0.25, 0.3) is 0 Å². The third kappa shape index (κ3) is 9.81. The van der Waals surface area contributed by atoms with Crippen molar-refractivity contribution >= 4 is 29.9 Å². The van der Waals surface area contributed by atoms with Crippen LogP contribution in [0.1, 0.15) is 31.9 Å². The molecule has 1 rings (SSSR count). The van der Waals surface area contributed by atoms with Crippen molar-refractivity contribution in [2.45, 2.75) is 34.2 Å². The molecule has 0 radical (unpaired) electrons. The van der Waals surface area contributed by atoms with Crippen LogP contribution < -0.4 is 10.6 Å². The van der Waals surface area contributed by atoms with E-state index >= 15 is 0 Å². The quantitative estimate of drug-likeness (QED) is 0.395. The van der Waals surface area contributed by atoms with Gasteiger partial charge in [-0.1, -0.05) is 43.7 Å². The average Bonchev–Trinajstić information content (AvgIpc) is 2.40. The van der Waals surface area contributed by atoms with Crippen LogP contribution in [0.3, 0.4) is 0 Å². The van der Waals surface area contributed by atoms with Crippen LogP contribution in [0.4, 0.5) is 0 Å². The Bertz CT molecular complexity index is 484. The van der Waals surface area contributed by atoms with Crippen molar-refractivity contribution in [3.63, 3.8) is 0 Å². The molecule has 0 amide bonds. The van der Waals surface area contributed by atoms with Gasteiger partial charge in [0, 0.05) is 19.6 Å². The minimum Gasteiger partial charge on any atom is -0.357 e. The van der Waals surface area contributed by atoms with Crippen molar-refractivity contribution in [1.29, 1.82) is 0 Å². The Labute approximate surface area is 159 Å². The summed E-state index contributed by atoms with van der Waals surface area (Å²) in [5, 5.41) is 6.78. The molecule has 0 atom stereocenters. The largest absolute Gasteiger partial charge is 0.357 e. The predicted octanol–water partition coefficient (Wildman–Crippen LogP) is 3.26. The van der Waals surface area contributed by atoms with Crippen LogP contribution in [-0.2, 0) is 6.54 Å². The number of halogens is 1. The summed E-state index contributed by atoms with van der Waals surface area (Å²) in [7, 11) is 4.22. The average molecular weight is 432 g/mol. The van der Waals surface area contributed by atoms with Gasteiger partial charge in [-0.15, -0.1) is 24.0 Å². The highest BCUT2D eigenvalue weighted by Gasteiger charge is 2.19. The summed E-state index contributed by atoms with van der Waals surface area (Å²) in [5.74, 6) is 0.885. The third-order valence-electron chi connectivity index (χ3n) is 3.33. The molecule has 0 fully saturated rings. The zero-order valence-electron chi connectivity index (χ0n) is 15.4. The highest BCUT2D eigenvalue weighted by Crippen LogP contribution is 2.14. The SMILES string of the molecule is CCNC(=NCc1cccc(C)c1)NCC(C)(C)CN(C)C.I. The molecule has 1 aromatic carbocycles. The van der Waals surface area contributed by atoms with Crippen LogP contribution in [0.2, 0.25) is 0 Å². The standard InChI is InChI=1S/C18H32N4.HI/c1-7-19-17(21-13-18(3,4)14-22(5)6)20-12-16-10-8-9-15(2)11-16;/h8-11H,7,12-14H2,1-6H3,(H2,19,20,21);1H. The van der Waals surface area contributed by atoms with Gasteiger partial charge in [0.15, 0.2) is 5.96 Å². The van der Waals surface area contributed by atoms with E-state index in [1.165, 1.54) is 11.1 Å². The second-order valence-electron chi connectivity index (χ2n) is 6.94. The Kier molecular flexibility index (Phi) is 10.5. The fourth-order valence-corrected chi connectivity index (χ4v) is 2.56. The first-order chi connectivity index (χ1) is 10.3. The number of rotatable bonds is 7. The Morgan fingerprint density at radius 1 is 1.22 bits per heavy atom. The summed E-state index contributed by atoms with van der Waals surface area (Å²) in [5.41, 5.74) is 2.71. The Hall–Kier alpha value is -0.820. The highest BCUT2D eigenvalue weighted by molar-refractivity contribution is 14.0. The number of nitrogens with zero attached hydrogens (tertiary/aromatic N) is 2. The van der Waals surface area contributed by atoms with Crippen molar-refractivity contribution in [1.82, 2.24) is 15.5 Å². The Morgan fingerprint density at radius 2 is 1.91 bits per heavy atom. The lowest BCUT2D eigenvalue weighted by atomic mass is 9.93. The number of hydrogen-bond acceptors (Lipinski definition) is 2. The smallest absolute Gasteiger partial charge is 0.191 e. The lowest BCUT2D eigenvalue weighted by molar-refractivity contribution is 0.241. The Balaban J connectivity index is 0.00000484. The maximum absolute atomic E-state index is 4.69. The van der Waals surface area contributed by atoms with Crippen molar-refractivity contribution in [2.24, 2.45) is 10.4 Å². The van der Waals surface area contributed by atoms with E-state index in [9.17, 15) is 0 Å². The number of benzene rings is 1. The van der Waals surface area contributed by atoms with Gasteiger partial charge in [0.2, 0.25) is 0 Å². The topological polar surface area (TPSA) is 39.7 Å². The fourth-order valence-electron chi connectivity index (χ4n) is 2.56. The van der Waals surface area contributed by atoms with E-state index in [1.807, 2.05) is 0 Å². The minimum atomic E-state index is 0. The van der Waals surface area contributed by atoms with E-state index in [0.717, 1.165) is 25.6 Å². The molecule has 0 saturated heterocycles. The molecule has 0 heterocycles. The van der Waals surface area contributed by atoms with E-state index in [0.29, 0.717) is 6.54 Å². The van der Waals surface area contributed by atoms with Crippen LogP contribution in [0, 0.1) is 12.3 Å². The van der Waals surface area contributed by atoms with Gasteiger partial charge in [0.1, 0.15) is 0 Å². The van der Waals surface area contributed by atoms with Gasteiger partial charge in [-0.25, -0.2) is 4.99 Å². The number of hydrogen-bond donors (Lipinski definition) is 2. The number of guanidine groups is 1. The fraction of sp³-hybridized carbons (Fsp3) is 0.611. The zero-order valence-corrected chi connectivity index (χ0v) is 17.8. The first kappa shape index (κ1) is 22.2. The van der Waals surface area contributed by atoms with Crippen molar-refractivity contribution in [3.8, 4) is 0 Å². The summed E-state index contributed by atoms with van der Waals surface area (Å²) in [4.78, 5) is 6.91. The second-order valence-corrected chi connectivity index (χ2v) is 6.94. The van der Waals surface area contributed by atoms with E-state index < -0.39 is 0 Å². The minimum absolute atomic E-state index is 0. The molecule has 2 N–H and O–H groups in total. The molecular formula is C18H33IN4. The summed E-state index contributed by atoms with van der Waals surface area (Å²) in [6.45, 7) is 12.2. The molecule has 0 unspecified atom stereocenters. The lowest BCUT2D eigenvalue weighted by Gasteiger charge is -2.29. The van der Waals surface area contributed by atoms with Gasteiger partial charge in [-0.05, 0) is 38.9 Å². The monoisotopic (exact) mass is 432 g/mol. The molecule has 0 spiro atoms. The molecule has 4 nitrogen and oxygen atoms in total. The molecule has 0 saturated carbocycles. The van der Waals surface area contributed by atoms with Crippen LogP contribution >= 0.6 is 24.0 Å². The van der Waals surface area contributed by atoms with Crippen molar-refractivity contribution < 1.29 is 0 Å². The van der Waals surface area contributed by atoms with Crippen LogP contribution in [0.25, 0.3) is 0 Å². The molecule has 23 heavy (non-hydrogen) atoms. The number of aliphatic imine (C=N–C) groups is 1. The van der Waals surface area contributed by atoms with Gasteiger partial charge in [0.05, 0.1) is 6.54 Å². The summed E-state index contributed by atoms with van der Waals surface area (Å²) in [6.07, 6.45) is 0. The van der Waals surface area contributed by atoms with E-state index in [4.69, 9.17) is 0 Å². The maximum atomic E-state index is 4.69. The number of nitrogens with one attached hydrogen (secondary N) is 2. The number of aryl methyl sites for hydroxylation is 1. The zero-order chi connectivity index (χ0) is 16.6. The molecule has 0 aromatic heterocycles. The van der Waals surface area contributed by atoms with Gasteiger partial charge in [-0.2, -0.15) is 0 Å². The summed E-state index contributed by atoms with van der Waals surface area (Å²) >= 11 is 0. The molecule has 0 aliphatic carbocycles. The molecule has 0 aliphatic heterocycles. The van der Waals surface area contributed by atoms with Crippen LogP contribution in [-0.4, -0.2) is 44.6 Å². The van der Waals surface area contributed by atoms with Crippen LogP contribution in [0.15, 0.2) is 29.3 Å². The first-order valence-corrected chi connectivity index (χ1v) is 8.05. The van der Waals surface area contributed by atoms with Crippen molar-refractivity contribution in [2.75, 3.05) is 33.7 Å². The molecule has 0 bridgehead atoms. The molecular weight excluding hydrogens is 399 g/mol. The molecule has 5 heteroatoms. The summed E-state index contributed by atoms with van der Waals surface area (Å²) < 4.78 is 0. The molecule has 0 aliphatic rings. The summed E-state index contributed by atoms with van der Waals surface area (Å²) in [6, 6.07) is 8.50. The maximum Gasteiger partial charge on any atom is 0.191 e. The van der Waals surface area contributed by atoms with Gasteiger partial charge < -0.3 is 15.5 Å². The lowest BCUT2D eigenvalue weighted by Crippen LogP contribution is -2.44. The van der Waals surface area contributed by atoms with Gasteiger partial charge in [-0.3, -0.25) is 0 Å². The van der Waals surface area contributed by atoms with Gasteiger partial charge >= 0.3 is 0 Å². The molecule has 132 valence electrons.